The van der Waals surface area contributed by atoms with Crippen LogP contribution in [0.2, 0.25) is 0 Å². The highest BCUT2D eigenvalue weighted by Gasteiger charge is 2.15. The van der Waals surface area contributed by atoms with Crippen LogP contribution in [0.5, 0.6) is 0 Å². The predicted octanol–water partition coefficient (Wildman–Crippen LogP) is 4.81. The van der Waals surface area contributed by atoms with Gasteiger partial charge >= 0.3 is 0 Å². The molecular formula is C20H28N4. The number of nitrogens with zero attached hydrogens (tertiary/aromatic N) is 2. The first-order valence-electron chi connectivity index (χ1n) is 8.12. The van der Waals surface area contributed by atoms with Gasteiger partial charge in [-0.25, -0.2) is 0 Å². The molecular weight excluding hydrogens is 296 g/mol. The van der Waals surface area contributed by atoms with Crippen LogP contribution in [-0.2, 0) is 0 Å². The highest BCUT2D eigenvalue weighted by atomic mass is 14.9. The van der Waals surface area contributed by atoms with Crippen LogP contribution in [0.1, 0.15) is 44.6 Å². The summed E-state index contributed by atoms with van der Waals surface area (Å²) < 4.78 is 0. The van der Waals surface area contributed by atoms with E-state index in [0.717, 1.165) is 28.2 Å². The van der Waals surface area contributed by atoms with Crippen molar-refractivity contribution in [1.29, 1.82) is 5.41 Å². The number of pyridine rings is 1. The summed E-state index contributed by atoms with van der Waals surface area (Å²) >= 11 is 0. The Hall–Kier alpha value is -2.49. The van der Waals surface area contributed by atoms with Gasteiger partial charge in [-0.15, -0.1) is 6.58 Å². The number of nitrogens with one attached hydrogen (secondary N) is 2. The van der Waals surface area contributed by atoms with Crippen molar-refractivity contribution in [2.24, 2.45) is 4.99 Å². The van der Waals surface area contributed by atoms with Gasteiger partial charge in [-0.2, -0.15) is 0 Å². The van der Waals surface area contributed by atoms with Crippen LogP contribution in [0.3, 0.4) is 0 Å². The SMILES string of the molecule is C=CCNc1c(C(=N)C(=C)C)cc(/C(C=NC(C)C)=C/C)nc1C. The van der Waals surface area contributed by atoms with Gasteiger partial charge in [0.2, 0.25) is 0 Å². The standard InChI is InChI=1S/C20H28N4/c1-8-10-22-20-15(7)24-18(11-17(20)19(21)13(3)4)16(9-2)12-23-14(5)6/h8-9,11-12,14,21-22H,1,3,10H2,2,4-7H3/b16-9+,21-19?,23-12?. The van der Waals surface area contributed by atoms with E-state index in [1.807, 2.05) is 53.0 Å². The zero-order valence-corrected chi connectivity index (χ0v) is 15.4. The van der Waals surface area contributed by atoms with Gasteiger partial charge in [-0.1, -0.05) is 18.7 Å². The molecule has 1 rings (SSSR count). The fourth-order valence-electron chi connectivity index (χ4n) is 2.16. The molecule has 1 heterocycles. The van der Waals surface area contributed by atoms with Crippen molar-refractivity contribution in [3.63, 3.8) is 0 Å². The van der Waals surface area contributed by atoms with Crippen molar-refractivity contribution in [2.45, 2.75) is 40.7 Å². The lowest BCUT2D eigenvalue weighted by atomic mass is 9.99. The van der Waals surface area contributed by atoms with Crippen LogP contribution in [0.4, 0.5) is 5.69 Å². The van der Waals surface area contributed by atoms with E-state index in [2.05, 4.69) is 23.5 Å². The van der Waals surface area contributed by atoms with Gasteiger partial charge in [0, 0.05) is 29.9 Å². The summed E-state index contributed by atoms with van der Waals surface area (Å²) in [6, 6.07) is 2.15. The van der Waals surface area contributed by atoms with E-state index in [4.69, 9.17) is 10.4 Å². The molecule has 0 spiro atoms. The maximum atomic E-state index is 8.38. The maximum absolute atomic E-state index is 8.38. The Labute approximate surface area is 145 Å². The lowest BCUT2D eigenvalue weighted by Crippen LogP contribution is -2.12. The van der Waals surface area contributed by atoms with Crippen molar-refractivity contribution >= 4 is 23.2 Å². The van der Waals surface area contributed by atoms with Crippen molar-refractivity contribution in [1.82, 2.24) is 4.98 Å². The fourth-order valence-corrected chi connectivity index (χ4v) is 2.16. The van der Waals surface area contributed by atoms with Crippen LogP contribution in [0, 0.1) is 12.3 Å². The Morgan fingerprint density at radius 1 is 1.46 bits per heavy atom. The number of hydrogen-bond donors (Lipinski definition) is 2. The second-order valence-electron chi connectivity index (χ2n) is 5.96. The minimum Gasteiger partial charge on any atom is -0.380 e. The van der Waals surface area contributed by atoms with Crippen molar-refractivity contribution < 1.29 is 0 Å². The fraction of sp³-hybridized carbons (Fsp3) is 0.350. The summed E-state index contributed by atoms with van der Waals surface area (Å²) in [5.41, 5.74) is 5.36. The summed E-state index contributed by atoms with van der Waals surface area (Å²) in [4.78, 5) is 9.14. The number of aliphatic imine (C=N–C) groups is 1. The number of anilines is 1. The maximum Gasteiger partial charge on any atom is 0.0725 e. The molecule has 128 valence electrons. The van der Waals surface area contributed by atoms with E-state index in [9.17, 15) is 0 Å². The van der Waals surface area contributed by atoms with Crippen LogP contribution >= 0.6 is 0 Å². The predicted molar refractivity (Wildman–Crippen MR) is 107 cm³/mol. The molecule has 0 saturated carbocycles. The van der Waals surface area contributed by atoms with E-state index in [0.29, 0.717) is 17.8 Å². The van der Waals surface area contributed by atoms with E-state index in [-0.39, 0.29) is 6.04 Å². The van der Waals surface area contributed by atoms with Crippen LogP contribution in [-0.4, -0.2) is 29.5 Å². The lowest BCUT2D eigenvalue weighted by Gasteiger charge is -2.16. The average Bonchev–Trinajstić information content (AvgIpc) is 2.52. The minimum atomic E-state index is 0.225. The molecule has 0 aromatic carbocycles. The third-order valence-electron chi connectivity index (χ3n) is 3.44. The van der Waals surface area contributed by atoms with E-state index >= 15 is 0 Å². The third kappa shape index (κ3) is 5.01. The first-order chi connectivity index (χ1) is 11.3. The largest absolute Gasteiger partial charge is 0.380 e. The lowest BCUT2D eigenvalue weighted by molar-refractivity contribution is 0.842. The highest BCUT2D eigenvalue weighted by molar-refractivity contribution is 6.15. The van der Waals surface area contributed by atoms with Gasteiger partial charge in [0.25, 0.3) is 0 Å². The normalized spacial score (nSPS) is 11.8. The summed E-state index contributed by atoms with van der Waals surface area (Å²) in [6.07, 6.45) is 5.62. The van der Waals surface area contributed by atoms with Gasteiger partial charge in [0.1, 0.15) is 0 Å². The van der Waals surface area contributed by atoms with Gasteiger partial charge in [-0.05, 0) is 46.3 Å². The first kappa shape index (κ1) is 19.6. The Morgan fingerprint density at radius 2 is 2.12 bits per heavy atom. The average molecular weight is 324 g/mol. The molecule has 0 atom stereocenters. The molecule has 4 nitrogen and oxygen atoms in total. The van der Waals surface area contributed by atoms with Crippen LogP contribution in [0.15, 0.2) is 41.9 Å². The molecule has 0 fully saturated rings. The van der Waals surface area contributed by atoms with Crippen molar-refractivity contribution in [2.75, 3.05) is 11.9 Å². The Kier molecular flexibility index (Phi) is 7.31. The topological polar surface area (TPSA) is 61.1 Å². The summed E-state index contributed by atoms with van der Waals surface area (Å²) in [5.74, 6) is 0. The Balaban J connectivity index is 3.47. The molecule has 0 radical (unpaired) electrons. The molecule has 0 bridgehead atoms. The minimum absolute atomic E-state index is 0.225. The smallest absolute Gasteiger partial charge is 0.0725 e. The van der Waals surface area contributed by atoms with Gasteiger partial charge < -0.3 is 5.32 Å². The number of hydrogen-bond acceptors (Lipinski definition) is 4. The monoisotopic (exact) mass is 324 g/mol. The molecule has 4 heteroatoms. The van der Waals surface area contributed by atoms with Crippen molar-refractivity contribution in [3.05, 3.63) is 53.9 Å². The van der Waals surface area contributed by atoms with E-state index in [1.165, 1.54) is 0 Å². The molecule has 0 aliphatic heterocycles. The molecule has 0 unspecified atom stereocenters. The molecule has 0 saturated heterocycles. The Morgan fingerprint density at radius 3 is 2.62 bits per heavy atom. The molecule has 2 N–H and O–H groups in total. The van der Waals surface area contributed by atoms with Gasteiger partial charge in [-0.3, -0.25) is 15.4 Å². The molecule has 0 amide bonds. The quantitative estimate of drug-likeness (QED) is 0.532. The summed E-state index contributed by atoms with van der Waals surface area (Å²) in [5, 5.41) is 11.7. The molecule has 0 aliphatic carbocycles. The van der Waals surface area contributed by atoms with Gasteiger partial charge in [0.15, 0.2) is 0 Å². The zero-order chi connectivity index (χ0) is 18.3. The van der Waals surface area contributed by atoms with Crippen LogP contribution in [0.25, 0.3) is 5.57 Å². The van der Waals surface area contributed by atoms with E-state index < -0.39 is 0 Å². The number of aromatic nitrogens is 1. The first-order valence-corrected chi connectivity index (χ1v) is 8.12. The second-order valence-corrected chi connectivity index (χ2v) is 5.96. The van der Waals surface area contributed by atoms with Crippen LogP contribution < -0.4 is 5.32 Å². The number of aryl methyl sites for hydroxylation is 1. The number of allylic oxidation sites excluding steroid dienone is 3. The second kappa shape index (κ2) is 8.96. The number of rotatable bonds is 8. The van der Waals surface area contributed by atoms with Crippen molar-refractivity contribution in [3.8, 4) is 0 Å². The third-order valence-corrected chi connectivity index (χ3v) is 3.44. The molecule has 24 heavy (non-hydrogen) atoms. The Bertz CT molecular complexity index is 694. The summed E-state index contributed by atoms with van der Waals surface area (Å²) in [7, 11) is 0. The molecule has 1 aromatic heterocycles. The highest BCUT2D eigenvalue weighted by Crippen LogP contribution is 2.25. The van der Waals surface area contributed by atoms with E-state index in [1.54, 1.807) is 6.08 Å². The molecule has 1 aromatic rings. The summed E-state index contributed by atoms with van der Waals surface area (Å²) in [6.45, 7) is 18.1. The zero-order valence-electron chi connectivity index (χ0n) is 15.4. The molecule has 0 aliphatic rings. The van der Waals surface area contributed by atoms with Gasteiger partial charge in [0.05, 0.1) is 22.8 Å².